The Morgan fingerprint density at radius 3 is 2.93 bits per heavy atom. The summed E-state index contributed by atoms with van der Waals surface area (Å²) in [6.07, 6.45) is 1.51. The quantitative estimate of drug-likeness (QED) is 0.345. The Balaban J connectivity index is 2.49. The van der Waals surface area contributed by atoms with Crippen molar-refractivity contribution in [2.45, 2.75) is 23.4 Å². The SMILES string of the molecule is CC(Sc1ncns1)C(C)C(=O)NN. The van der Waals surface area contributed by atoms with E-state index < -0.39 is 0 Å². The Kier molecular flexibility index (Phi) is 4.30. The Labute approximate surface area is 90.6 Å². The predicted molar refractivity (Wildman–Crippen MR) is 56.7 cm³/mol. The van der Waals surface area contributed by atoms with E-state index >= 15 is 0 Å². The van der Waals surface area contributed by atoms with Crippen LogP contribution in [-0.2, 0) is 4.79 Å². The summed E-state index contributed by atoms with van der Waals surface area (Å²) in [5, 5.41) is 0.131. The lowest BCUT2D eigenvalue weighted by atomic mass is 10.1. The number of aromatic nitrogens is 2. The molecule has 2 unspecified atom stereocenters. The van der Waals surface area contributed by atoms with Crippen molar-refractivity contribution >= 4 is 29.2 Å². The second-order valence-corrected chi connectivity index (χ2v) is 5.23. The van der Waals surface area contributed by atoms with Gasteiger partial charge < -0.3 is 0 Å². The normalized spacial score (nSPS) is 14.8. The van der Waals surface area contributed by atoms with E-state index in [4.69, 9.17) is 5.84 Å². The molecule has 5 nitrogen and oxygen atoms in total. The fraction of sp³-hybridized carbons (Fsp3) is 0.571. The molecule has 1 aromatic heterocycles. The lowest BCUT2D eigenvalue weighted by Gasteiger charge is -2.15. The zero-order valence-electron chi connectivity index (χ0n) is 7.93. The lowest BCUT2D eigenvalue weighted by molar-refractivity contribution is -0.124. The van der Waals surface area contributed by atoms with E-state index in [1.807, 2.05) is 13.8 Å². The van der Waals surface area contributed by atoms with Crippen LogP contribution in [0.5, 0.6) is 0 Å². The Morgan fingerprint density at radius 1 is 1.71 bits per heavy atom. The molecule has 2 atom stereocenters. The first-order valence-corrected chi connectivity index (χ1v) is 5.74. The first-order chi connectivity index (χ1) is 6.65. The van der Waals surface area contributed by atoms with Crippen LogP contribution in [0.25, 0.3) is 0 Å². The standard InChI is InChI=1S/C7H12N4OS2/c1-4(6(12)11-8)5(2)13-7-9-3-10-14-7/h3-5H,8H2,1-2H3,(H,11,12). The number of hydrazine groups is 1. The van der Waals surface area contributed by atoms with Crippen molar-refractivity contribution in [3.63, 3.8) is 0 Å². The van der Waals surface area contributed by atoms with Gasteiger partial charge in [-0.2, -0.15) is 4.37 Å². The number of nitrogens with zero attached hydrogens (tertiary/aromatic N) is 2. The maximum Gasteiger partial charge on any atom is 0.237 e. The Hall–Kier alpha value is -0.660. The van der Waals surface area contributed by atoms with Crippen molar-refractivity contribution < 1.29 is 4.79 Å². The number of carbonyl (C=O) groups is 1. The molecule has 1 rings (SSSR count). The maximum absolute atomic E-state index is 11.2. The van der Waals surface area contributed by atoms with Crippen LogP contribution in [0.3, 0.4) is 0 Å². The van der Waals surface area contributed by atoms with Crippen molar-refractivity contribution in [2.24, 2.45) is 11.8 Å². The molecular weight excluding hydrogens is 220 g/mol. The summed E-state index contributed by atoms with van der Waals surface area (Å²) in [4.78, 5) is 15.2. The van der Waals surface area contributed by atoms with Crippen LogP contribution in [0.4, 0.5) is 0 Å². The topological polar surface area (TPSA) is 80.9 Å². The van der Waals surface area contributed by atoms with Gasteiger partial charge in [-0.1, -0.05) is 25.6 Å². The van der Waals surface area contributed by atoms with E-state index in [0.29, 0.717) is 0 Å². The van der Waals surface area contributed by atoms with Crippen LogP contribution < -0.4 is 11.3 Å². The molecule has 7 heteroatoms. The van der Waals surface area contributed by atoms with Crippen molar-refractivity contribution in [2.75, 3.05) is 0 Å². The van der Waals surface area contributed by atoms with E-state index in [-0.39, 0.29) is 17.1 Å². The molecule has 1 heterocycles. The first kappa shape index (κ1) is 11.4. The second-order valence-electron chi connectivity index (χ2n) is 2.83. The zero-order chi connectivity index (χ0) is 10.6. The summed E-state index contributed by atoms with van der Waals surface area (Å²) < 4.78 is 4.75. The summed E-state index contributed by atoms with van der Waals surface area (Å²) in [5.41, 5.74) is 2.14. The first-order valence-electron chi connectivity index (χ1n) is 4.09. The van der Waals surface area contributed by atoms with Crippen LogP contribution >= 0.6 is 23.3 Å². The van der Waals surface area contributed by atoms with Gasteiger partial charge in [-0.05, 0) is 11.5 Å². The van der Waals surface area contributed by atoms with Gasteiger partial charge in [-0.15, -0.1) is 0 Å². The average Bonchev–Trinajstić information content (AvgIpc) is 2.68. The molecule has 1 amide bonds. The molecule has 0 aliphatic heterocycles. The van der Waals surface area contributed by atoms with Gasteiger partial charge in [0.05, 0.1) is 0 Å². The predicted octanol–water partition coefficient (Wildman–Crippen LogP) is 0.645. The van der Waals surface area contributed by atoms with E-state index in [1.165, 1.54) is 29.6 Å². The summed E-state index contributed by atoms with van der Waals surface area (Å²) >= 11 is 2.86. The molecule has 1 aromatic rings. The molecule has 0 fully saturated rings. The fourth-order valence-corrected chi connectivity index (χ4v) is 2.61. The molecule has 78 valence electrons. The second kappa shape index (κ2) is 5.28. The minimum absolute atomic E-state index is 0.131. The fourth-order valence-electron chi connectivity index (χ4n) is 0.821. The van der Waals surface area contributed by atoms with Crippen molar-refractivity contribution in [1.82, 2.24) is 14.8 Å². The molecule has 14 heavy (non-hydrogen) atoms. The lowest BCUT2D eigenvalue weighted by Crippen LogP contribution is -2.38. The number of hydrogen-bond acceptors (Lipinski definition) is 6. The van der Waals surface area contributed by atoms with Gasteiger partial charge >= 0.3 is 0 Å². The third-order valence-corrected chi connectivity index (χ3v) is 3.95. The number of thioether (sulfide) groups is 1. The number of carbonyl (C=O) groups excluding carboxylic acids is 1. The molecule has 0 bridgehead atoms. The summed E-state index contributed by atoms with van der Waals surface area (Å²) in [6, 6.07) is 0. The Bertz CT molecular complexity index is 290. The van der Waals surface area contributed by atoms with E-state index in [1.54, 1.807) is 0 Å². The van der Waals surface area contributed by atoms with Gasteiger partial charge in [-0.25, -0.2) is 10.8 Å². The monoisotopic (exact) mass is 232 g/mol. The molecule has 0 spiro atoms. The van der Waals surface area contributed by atoms with Crippen LogP contribution in [0.15, 0.2) is 10.7 Å². The van der Waals surface area contributed by atoms with E-state index in [0.717, 1.165) is 4.34 Å². The molecule has 0 radical (unpaired) electrons. The highest BCUT2D eigenvalue weighted by molar-refractivity contribution is 8.01. The van der Waals surface area contributed by atoms with Gasteiger partial charge in [-0.3, -0.25) is 10.2 Å². The molecular formula is C7H12N4OS2. The summed E-state index contributed by atoms with van der Waals surface area (Å²) in [5.74, 6) is 4.75. The highest BCUT2D eigenvalue weighted by atomic mass is 32.2. The van der Waals surface area contributed by atoms with E-state index in [2.05, 4.69) is 14.8 Å². The van der Waals surface area contributed by atoms with Gasteiger partial charge in [0.15, 0.2) is 4.34 Å². The van der Waals surface area contributed by atoms with Gasteiger partial charge in [0.1, 0.15) is 6.33 Å². The zero-order valence-corrected chi connectivity index (χ0v) is 9.56. The minimum Gasteiger partial charge on any atom is -0.294 e. The van der Waals surface area contributed by atoms with Crippen molar-refractivity contribution in [3.8, 4) is 0 Å². The molecule has 3 N–H and O–H groups in total. The Morgan fingerprint density at radius 2 is 2.43 bits per heavy atom. The average molecular weight is 232 g/mol. The third-order valence-electron chi connectivity index (χ3n) is 1.89. The number of nitrogens with two attached hydrogens (primary N) is 1. The largest absolute Gasteiger partial charge is 0.294 e. The highest BCUT2D eigenvalue weighted by Crippen LogP contribution is 2.28. The van der Waals surface area contributed by atoms with Crippen molar-refractivity contribution in [1.29, 1.82) is 0 Å². The molecule has 0 saturated carbocycles. The van der Waals surface area contributed by atoms with Crippen LogP contribution in [0, 0.1) is 5.92 Å². The number of amides is 1. The minimum atomic E-state index is -0.158. The number of hydrogen-bond donors (Lipinski definition) is 2. The molecule has 0 aliphatic carbocycles. The van der Waals surface area contributed by atoms with Crippen LogP contribution in [0.1, 0.15) is 13.8 Å². The van der Waals surface area contributed by atoms with E-state index in [9.17, 15) is 4.79 Å². The summed E-state index contributed by atoms with van der Waals surface area (Å²) in [6.45, 7) is 3.80. The molecule has 0 aromatic carbocycles. The highest BCUT2D eigenvalue weighted by Gasteiger charge is 2.21. The number of nitrogens with one attached hydrogen (secondary N) is 1. The molecule has 0 saturated heterocycles. The van der Waals surface area contributed by atoms with Gasteiger partial charge in [0.25, 0.3) is 0 Å². The van der Waals surface area contributed by atoms with Crippen LogP contribution in [0.2, 0.25) is 0 Å². The van der Waals surface area contributed by atoms with Gasteiger partial charge in [0, 0.05) is 11.2 Å². The van der Waals surface area contributed by atoms with Crippen molar-refractivity contribution in [3.05, 3.63) is 6.33 Å². The summed E-state index contributed by atoms with van der Waals surface area (Å²) in [7, 11) is 0. The molecule has 0 aliphatic rings. The third kappa shape index (κ3) is 2.93. The van der Waals surface area contributed by atoms with Crippen LogP contribution in [-0.4, -0.2) is 20.5 Å². The maximum atomic E-state index is 11.2. The van der Waals surface area contributed by atoms with Gasteiger partial charge in [0.2, 0.25) is 5.91 Å². The number of rotatable bonds is 4. The smallest absolute Gasteiger partial charge is 0.237 e.